The SMILES string of the molecule is CCCCC1C=CC(CCCC(=O)c2ccccc2)CC1. The highest BCUT2D eigenvalue weighted by Crippen LogP contribution is 2.29. The summed E-state index contributed by atoms with van der Waals surface area (Å²) in [5.41, 5.74) is 0.858. The van der Waals surface area contributed by atoms with Crippen molar-refractivity contribution < 1.29 is 4.79 Å². The van der Waals surface area contributed by atoms with Gasteiger partial charge in [-0.3, -0.25) is 4.79 Å². The number of allylic oxidation sites excluding steroid dienone is 2. The Hall–Kier alpha value is -1.37. The Morgan fingerprint density at radius 2 is 1.62 bits per heavy atom. The highest BCUT2D eigenvalue weighted by atomic mass is 16.1. The average molecular weight is 284 g/mol. The molecule has 1 heteroatoms. The number of carbonyl (C=O) groups excluding carboxylic acids is 1. The lowest BCUT2D eigenvalue weighted by atomic mass is 9.83. The van der Waals surface area contributed by atoms with Crippen LogP contribution in [0, 0.1) is 11.8 Å². The summed E-state index contributed by atoms with van der Waals surface area (Å²) < 4.78 is 0. The predicted molar refractivity (Wildman–Crippen MR) is 89.5 cm³/mol. The first-order chi connectivity index (χ1) is 10.3. The van der Waals surface area contributed by atoms with E-state index in [0.29, 0.717) is 12.3 Å². The topological polar surface area (TPSA) is 17.1 Å². The van der Waals surface area contributed by atoms with E-state index < -0.39 is 0 Å². The zero-order chi connectivity index (χ0) is 14.9. The van der Waals surface area contributed by atoms with E-state index in [1.54, 1.807) is 0 Å². The molecule has 1 nitrogen and oxygen atoms in total. The van der Waals surface area contributed by atoms with Crippen molar-refractivity contribution in [2.24, 2.45) is 11.8 Å². The van der Waals surface area contributed by atoms with Crippen LogP contribution in [0.1, 0.15) is 68.6 Å². The summed E-state index contributed by atoms with van der Waals surface area (Å²) in [6.45, 7) is 2.26. The molecular weight excluding hydrogens is 256 g/mol. The molecule has 2 atom stereocenters. The monoisotopic (exact) mass is 284 g/mol. The van der Waals surface area contributed by atoms with E-state index in [9.17, 15) is 4.79 Å². The standard InChI is InChI=1S/C20H28O/c1-2-3-8-17-13-15-18(16-14-17)9-7-12-20(21)19-10-5-4-6-11-19/h4-6,10-11,13,15,17-18H,2-3,7-9,12,14,16H2,1H3. The van der Waals surface area contributed by atoms with Crippen molar-refractivity contribution in [3.8, 4) is 0 Å². The molecule has 0 spiro atoms. The minimum absolute atomic E-state index is 0.288. The smallest absolute Gasteiger partial charge is 0.162 e. The van der Waals surface area contributed by atoms with Gasteiger partial charge in [-0.15, -0.1) is 0 Å². The fraction of sp³-hybridized carbons (Fsp3) is 0.550. The van der Waals surface area contributed by atoms with Crippen LogP contribution in [-0.2, 0) is 0 Å². The van der Waals surface area contributed by atoms with Crippen LogP contribution in [0.15, 0.2) is 42.5 Å². The lowest BCUT2D eigenvalue weighted by Gasteiger charge is -2.22. The quantitative estimate of drug-likeness (QED) is 0.434. The third kappa shape index (κ3) is 5.49. The number of benzene rings is 1. The molecule has 0 saturated heterocycles. The molecule has 21 heavy (non-hydrogen) atoms. The Morgan fingerprint density at radius 3 is 2.19 bits per heavy atom. The minimum Gasteiger partial charge on any atom is -0.294 e. The van der Waals surface area contributed by atoms with Gasteiger partial charge >= 0.3 is 0 Å². The normalized spacial score (nSPS) is 21.4. The summed E-state index contributed by atoms with van der Waals surface area (Å²) in [5.74, 6) is 1.80. The van der Waals surface area contributed by atoms with Crippen molar-refractivity contribution in [3.63, 3.8) is 0 Å². The molecule has 1 aromatic rings. The number of hydrogen-bond donors (Lipinski definition) is 0. The molecule has 1 aromatic carbocycles. The molecule has 2 unspecified atom stereocenters. The van der Waals surface area contributed by atoms with Crippen molar-refractivity contribution in [2.45, 2.75) is 58.3 Å². The molecule has 2 rings (SSSR count). The van der Waals surface area contributed by atoms with Crippen molar-refractivity contribution in [2.75, 3.05) is 0 Å². The second-order valence-electron chi connectivity index (χ2n) is 6.31. The molecule has 1 aliphatic carbocycles. The van der Waals surface area contributed by atoms with Crippen LogP contribution < -0.4 is 0 Å². The zero-order valence-electron chi connectivity index (χ0n) is 13.3. The number of hydrogen-bond acceptors (Lipinski definition) is 1. The second-order valence-corrected chi connectivity index (χ2v) is 6.31. The van der Waals surface area contributed by atoms with E-state index in [1.807, 2.05) is 30.3 Å². The summed E-state index contributed by atoms with van der Waals surface area (Å²) in [5, 5.41) is 0. The Balaban J connectivity index is 1.67. The molecule has 114 valence electrons. The Bertz CT molecular complexity index is 446. The first kappa shape index (κ1) is 16.0. The van der Waals surface area contributed by atoms with Crippen molar-refractivity contribution in [1.29, 1.82) is 0 Å². The highest BCUT2D eigenvalue weighted by Gasteiger charge is 2.15. The molecular formula is C20H28O. The third-order valence-electron chi connectivity index (χ3n) is 4.57. The van der Waals surface area contributed by atoms with Gasteiger partial charge in [0.2, 0.25) is 0 Å². The highest BCUT2D eigenvalue weighted by molar-refractivity contribution is 5.95. The minimum atomic E-state index is 0.288. The van der Waals surface area contributed by atoms with Gasteiger partial charge in [-0.1, -0.05) is 62.2 Å². The third-order valence-corrected chi connectivity index (χ3v) is 4.57. The second kappa shape index (κ2) is 8.81. The fourth-order valence-electron chi connectivity index (χ4n) is 3.18. The van der Waals surface area contributed by atoms with Gasteiger partial charge in [0.1, 0.15) is 0 Å². The van der Waals surface area contributed by atoms with Gasteiger partial charge < -0.3 is 0 Å². The Kier molecular flexibility index (Phi) is 6.72. The van der Waals surface area contributed by atoms with E-state index in [0.717, 1.165) is 24.3 Å². The fourth-order valence-corrected chi connectivity index (χ4v) is 3.18. The van der Waals surface area contributed by atoms with Crippen molar-refractivity contribution in [3.05, 3.63) is 48.0 Å². The molecule has 0 amide bonds. The van der Waals surface area contributed by atoms with Crippen LogP contribution in [0.4, 0.5) is 0 Å². The van der Waals surface area contributed by atoms with Crippen molar-refractivity contribution in [1.82, 2.24) is 0 Å². The largest absolute Gasteiger partial charge is 0.294 e. The summed E-state index contributed by atoms with van der Waals surface area (Å²) in [6.07, 6.45) is 14.4. The van der Waals surface area contributed by atoms with E-state index in [2.05, 4.69) is 19.1 Å². The summed E-state index contributed by atoms with van der Waals surface area (Å²) >= 11 is 0. The lowest BCUT2D eigenvalue weighted by Crippen LogP contribution is -2.09. The van der Waals surface area contributed by atoms with Gasteiger partial charge in [-0.05, 0) is 43.9 Å². The predicted octanol–water partition coefficient (Wildman–Crippen LogP) is 5.81. The number of ketones is 1. The van der Waals surface area contributed by atoms with E-state index in [4.69, 9.17) is 0 Å². The van der Waals surface area contributed by atoms with Gasteiger partial charge in [-0.25, -0.2) is 0 Å². The summed E-state index contributed by atoms with van der Waals surface area (Å²) in [4.78, 5) is 12.0. The molecule has 0 aromatic heterocycles. The van der Waals surface area contributed by atoms with Crippen LogP contribution in [-0.4, -0.2) is 5.78 Å². The maximum absolute atomic E-state index is 12.0. The Morgan fingerprint density at radius 1 is 1.00 bits per heavy atom. The van der Waals surface area contributed by atoms with Crippen molar-refractivity contribution >= 4 is 5.78 Å². The lowest BCUT2D eigenvalue weighted by molar-refractivity contribution is 0.0978. The van der Waals surface area contributed by atoms with Gasteiger partial charge in [0.25, 0.3) is 0 Å². The first-order valence-corrected chi connectivity index (χ1v) is 8.56. The van der Waals surface area contributed by atoms with Gasteiger partial charge in [0, 0.05) is 12.0 Å². The van der Waals surface area contributed by atoms with E-state index in [-0.39, 0.29) is 5.78 Å². The van der Waals surface area contributed by atoms with Gasteiger partial charge in [0.15, 0.2) is 5.78 Å². The number of Topliss-reactive ketones (excluding diaryl/α,β-unsaturated/α-hetero) is 1. The van der Waals surface area contributed by atoms with Crippen LogP contribution in [0.25, 0.3) is 0 Å². The van der Waals surface area contributed by atoms with Crippen LogP contribution in [0.2, 0.25) is 0 Å². The molecule has 0 bridgehead atoms. The maximum Gasteiger partial charge on any atom is 0.162 e. The van der Waals surface area contributed by atoms with Crippen LogP contribution in [0.5, 0.6) is 0 Å². The van der Waals surface area contributed by atoms with Crippen LogP contribution in [0.3, 0.4) is 0 Å². The first-order valence-electron chi connectivity index (χ1n) is 8.56. The Labute approximate surface area is 129 Å². The molecule has 0 heterocycles. The van der Waals surface area contributed by atoms with E-state index in [1.165, 1.54) is 32.1 Å². The molecule has 0 aliphatic heterocycles. The van der Waals surface area contributed by atoms with Crippen LogP contribution >= 0.6 is 0 Å². The molecule has 0 radical (unpaired) electrons. The van der Waals surface area contributed by atoms with E-state index >= 15 is 0 Å². The summed E-state index contributed by atoms with van der Waals surface area (Å²) in [6, 6.07) is 9.67. The molecule has 0 fully saturated rings. The summed E-state index contributed by atoms with van der Waals surface area (Å²) in [7, 11) is 0. The number of rotatable bonds is 8. The molecule has 1 aliphatic rings. The molecule has 0 N–H and O–H groups in total. The van der Waals surface area contributed by atoms with Gasteiger partial charge in [-0.2, -0.15) is 0 Å². The zero-order valence-corrected chi connectivity index (χ0v) is 13.3. The number of carbonyl (C=O) groups is 1. The maximum atomic E-state index is 12.0. The average Bonchev–Trinajstić information content (AvgIpc) is 2.55. The number of unbranched alkanes of at least 4 members (excludes halogenated alkanes) is 1. The molecule has 0 saturated carbocycles. The van der Waals surface area contributed by atoms with Gasteiger partial charge in [0.05, 0.1) is 0 Å².